The lowest BCUT2D eigenvalue weighted by Crippen LogP contribution is -2.39. The summed E-state index contributed by atoms with van der Waals surface area (Å²) in [5.41, 5.74) is 0. The lowest BCUT2D eigenvalue weighted by Gasteiger charge is -2.32. The van der Waals surface area contributed by atoms with Gasteiger partial charge in [-0.3, -0.25) is 0 Å². The molecule has 3 aliphatic rings. The molecule has 7 heteroatoms. The number of nitrogens with zero attached hydrogens (tertiary/aromatic N) is 2. The molecule has 0 bridgehead atoms. The average molecular weight is 366 g/mol. The molecule has 1 aromatic rings. The third-order valence-corrected chi connectivity index (χ3v) is 7.50. The molecule has 0 N–H and O–H groups in total. The number of likely N-dealkylation sites (tertiary alicyclic amines) is 1. The van der Waals surface area contributed by atoms with E-state index in [4.69, 9.17) is 9.47 Å². The van der Waals surface area contributed by atoms with Gasteiger partial charge in [-0.05, 0) is 69.8 Å². The van der Waals surface area contributed by atoms with Gasteiger partial charge in [-0.2, -0.15) is 4.31 Å². The van der Waals surface area contributed by atoms with Crippen LogP contribution in [-0.4, -0.2) is 57.1 Å². The molecule has 25 heavy (non-hydrogen) atoms. The van der Waals surface area contributed by atoms with Crippen LogP contribution < -0.4 is 9.47 Å². The largest absolute Gasteiger partial charge is 0.454 e. The van der Waals surface area contributed by atoms with E-state index in [-0.39, 0.29) is 6.79 Å². The summed E-state index contributed by atoms with van der Waals surface area (Å²) in [7, 11) is -3.45. The van der Waals surface area contributed by atoms with E-state index in [1.54, 1.807) is 22.5 Å². The average Bonchev–Trinajstić information content (AvgIpc) is 3.31. The zero-order valence-corrected chi connectivity index (χ0v) is 15.3. The summed E-state index contributed by atoms with van der Waals surface area (Å²) in [6.07, 6.45) is 5.76. The van der Waals surface area contributed by atoms with E-state index < -0.39 is 10.0 Å². The summed E-state index contributed by atoms with van der Waals surface area (Å²) in [5, 5.41) is 0. The molecular formula is C18H26N2O4S. The van der Waals surface area contributed by atoms with Gasteiger partial charge in [-0.15, -0.1) is 0 Å². The van der Waals surface area contributed by atoms with E-state index in [1.807, 2.05) is 0 Å². The molecule has 3 heterocycles. The van der Waals surface area contributed by atoms with Crippen LogP contribution in [0.3, 0.4) is 0 Å². The number of sulfonamides is 1. The van der Waals surface area contributed by atoms with Crippen molar-refractivity contribution in [2.24, 2.45) is 5.92 Å². The minimum Gasteiger partial charge on any atom is -0.454 e. The van der Waals surface area contributed by atoms with Gasteiger partial charge in [0.25, 0.3) is 0 Å². The molecule has 0 radical (unpaired) electrons. The molecule has 6 nitrogen and oxygen atoms in total. The molecule has 2 fully saturated rings. The number of hydrogen-bond donors (Lipinski definition) is 0. The zero-order valence-electron chi connectivity index (χ0n) is 14.5. The number of ether oxygens (including phenoxy) is 2. The van der Waals surface area contributed by atoms with Crippen molar-refractivity contribution < 1.29 is 17.9 Å². The number of benzene rings is 1. The second-order valence-corrected chi connectivity index (χ2v) is 9.14. The molecule has 1 aromatic carbocycles. The first kappa shape index (κ1) is 17.1. The van der Waals surface area contributed by atoms with Crippen molar-refractivity contribution in [2.45, 2.75) is 37.0 Å². The van der Waals surface area contributed by atoms with Gasteiger partial charge in [0, 0.05) is 19.2 Å². The van der Waals surface area contributed by atoms with Gasteiger partial charge >= 0.3 is 0 Å². The number of piperidine rings is 1. The minimum absolute atomic E-state index is 0.154. The standard InChI is InChI=1S/C18H26N2O4S/c21-25(22,16-3-4-17-18(13-16)24-14-23-17)20-11-6-15(7-12-20)5-10-19-8-1-2-9-19/h3-4,13,15H,1-2,5-12,14H2. The maximum atomic E-state index is 12.9. The SMILES string of the molecule is O=S(=O)(c1ccc2c(c1)OCO2)N1CCC(CCN2CCCC2)CC1. The fourth-order valence-electron chi connectivity index (χ4n) is 4.00. The highest BCUT2D eigenvalue weighted by atomic mass is 32.2. The third-order valence-electron chi connectivity index (χ3n) is 5.61. The molecule has 4 rings (SSSR count). The van der Waals surface area contributed by atoms with Crippen molar-refractivity contribution in [3.8, 4) is 11.5 Å². The summed E-state index contributed by atoms with van der Waals surface area (Å²) >= 11 is 0. The van der Waals surface area contributed by atoms with Crippen LogP contribution in [0, 0.1) is 5.92 Å². The Morgan fingerprint density at radius 2 is 1.72 bits per heavy atom. The van der Waals surface area contributed by atoms with Crippen LogP contribution in [0.5, 0.6) is 11.5 Å². The first-order valence-electron chi connectivity index (χ1n) is 9.25. The molecule has 2 saturated heterocycles. The molecule has 3 aliphatic heterocycles. The molecule has 0 spiro atoms. The minimum atomic E-state index is -3.45. The van der Waals surface area contributed by atoms with Crippen LogP contribution >= 0.6 is 0 Å². The molecule has 0 saturated carbocycles. The van der Waals surface area contributed by atoms with Crippen LogP contribution in [0.4, 0.5) is 0 Å². The summed E-state index contributed by atoms with van der Waals surface area (Å²) < 4.78 is 38.0. The van der Waals surface area contributed by atoms with Gasteiger partial charge in [0.05, 0.1) is 4.90 Å². The molecule has 0 aliphatic carbocycles. The van der Waals surface area contributed by atoms with Crippen molar-refractivity contribution in [1.29, 1.82) is 0 Å². The Bertz CT molecular complexity index is 708. The molecule has 0 aromatic heterocycles. The third kappa shape index (κ3) is 3.64. The number of rotatable bonds is 5. The first-order valence-corrected chi connectivity index (χ1v) is 10.7. The molecule has 0 amide bonds. The molecule has 138 valence electrons. The summed E-state index contributed by atoms with van der Waals surface area (Å²) in [4.78, 5) is 2.84. The molecule has 0 unspecified atom stereocenters. The zero-order chi connectivity index (χ0) is 17.3. The van der Waals surface area contributed by atoms with Crippen molar-refractivity contribution in [3.63, 3.8) is 0 Å². The van der Waals surface area contributed by atoms with Crippen molar-refractivity contribution in [3.05, 3.63) is 18.2 Å². The Morgan fingerprint density at radius 3 is 2.48 bits per heavy atom. The van der Waals surface area contributed by atoms with Crippen LogP contribution in [0.25, 0.3) is 0 Å². The van der Waals surface area contributed by atoms with Gasteiger partial charge in [0.1, 0.15) is 0 Å². The monoisotopic (exact) mass is 366 g/mol. The van der Waals surface area contributed by atoms with E-state index in [0.717, 1.165) is 12.8 Å². The van der Waals surface area contributed by atoms with Gasteiger partial charge in [0.15, 0.2) is 11.5 Å². The molecule has 0 atom stereocenters. The lowest BCUT2D eigenvalue weighted by atomic mass is 9.94. The predicted octanol–water partition coefficient (Wildman–Crippen LogP) is 2.30. The van der Waals surface area contributed by atoms with Gasteiger partial charge in [-0.25, -0.2) is 8.42 Å². The number of hydrogen-bond acceptors (Lipinski definition) is 5. The van der Waals surface area contributed by atoms with Crippen LogP contribution in [0.15, 0.2) is 23.1 Å². The van der Waals surface area contributed by atoms with Crippen molar-refractivity contribution in [1.82, 2.24) is 9.21 Å². The highest BCUT2D eigenvalue weighted by Crippen LogP contribution is 2.35. The fraction of sp³-hybridized carbons (Fsp3) is 0.667. The lowest BCUT2D eigenvalue weighted by molar-refractivity contribution is 0.174. The van der Waals surface area contributed by atoms with Crippen molar-refractivity contribution in [2.75, 3.05) is 39.5 Å². The Kier molecular flexibility index (Phi) is 4.88. The highest BCUT2D eigenvalue weighted by molar-refractivity contribution is 7.89. The van der Waals surface area contributed by atoms with Gasteiger partial charge < -0.3 is 14.4 Å². The maximum absolute atomic E-state index is 12.9. The van der Waals surface area contributed by atoms with E-state index in [1.165, 1.54) is 38.9 Å². The Balaban J connectivity index is 1.34. The van der Waals surface area contributed by atoms with E-state index in [0.29, 0.717) is 35.4 Å². The second-order valence-electron chi connectivity index (χ2n) is 7.20. The second kappa shape index (κ2) is 7.13. The van der Waals surface area contributed by atoms with Gasteiger partial charge in [-0.1, -0.05) is 0 Å². The maximum Gasteiger partial charge on any atom is 0.243 e. The molecular weight excluding hydrogens is 340 g/mol. The highest BCUT2D eigenvalue weighted by Gasteiger charge is 2.30. The summed E-state index contributed by atoms with van der Waals surface area (Å²) in [5.74, 6) is 1.77. The van der Waals surface area contributed by atoms with Crippen LogP contribution in [0.1, 0.15) is 32.1 Å². The van der Waals surface area contributed by atoms with E-state index in [2.05, 4.69) is 4.90 Å². The Labute approximate surface area is 149 Å². The van der Waals surface area contributed by atoms with Crippen LogP contribution in [0.2, 0.25) is 0 Å². The Morgan fingerprint density at radius 1 is 1.00 bits per heavy atom. The topological polar surface area (TPSA) is 59.1 Å². The first-order chi connectivity index (χ1) is 12.1. The van der Waals surface area contributed by atoms with E-state index >= 15 is 0 Å². The number of fused-ring (bicyclic) bond motifs is 1. The van der Waals surface area contributed by atoms with Crippen LogP contribution in [-0.2, 0) is 10.0 Å². The van der Waals surface area contributed by atoms with Gasteiger partial charge in [0.2, 0.25) is 16.8 Å². The fourth-order valence-corrected chi connectivity index (χ4v) is 5.48. The summed E-state index contributed by atoms with van der Waals surface area (Å²) in [6.45, 7) is 5.01. The normalized spacial score (nSPS) is 22.6. The van der Waals surface area contributed by atoms with E-state index in [9.17, 15) is 8.42 Å². The summed E-state index contributed by atoms with van der Waals surface area (Å²) in [6, 6.07) is 4.87. The smallest absolute Gasteiger partial charge is 0.243 e. The quantitative estimate of drug-likeness (QED) is 0.800. The van der Waals surface area contributed by atoms with Crippen molar-refractivity contribution >= 4 is 10.0 Å². The predicted molar refractivity (Wildman–Crippen MR) is 94.3 cm³/mol. The Hall–Kier alpha value is -1.31.